The van der Waals surface area contributed by atoms with Crippen molar-refractivity contribution < 1.29 is 14.2 Å². The zero-order chi connectivity index (χ0) is 18.9. The molecule has 7 nitrogen and oxygen atoms in total. The van der Waals surface area contributed by atoms with E-state index in [2.05, 4.69) is 27.6 Å². The molecule has 1 saturated heterocycles. The molecule has 1 aliphatic heterocycles. The second-order valence-electron chi connectivity index (χ2n) is 6.59. The van der Waals surface area contributed by atoms with E-state index in [9.17, 15) is 0 Å². The van der Waals surface area contributed by atoms with Crippen molar-refractivity contribution in [2.45, 2.75) is 19.4 Å². The van der Waals surface area contributed by atoms with Crippen molar-refractivity contribution in [2.75, 3.05) is 55.1 Å². The molecule has 0 atom stereocenters. The Morgan fingerprint density at radius 2 is 1.67 bits per heavy atom. The number of likely N-dealkylation sites (tertiary alicyclic amines) is 1. The topological polar surface area (TPSA) is 67.4 Å². The molecule has 1 heterocycles. The Morgan fingerprint density at radius 1 is 1.07 bits per heavy atom. The smallest absolute Gasteiger partial charge is 0.203 e. The van der Waals surface area contributed by atoms with E-state index in [0.717, 1.165) is 18.1 Å². The molecule has 0 aromatic heterocycles. The number of halogens is 1. The minimum atomic E-state index is 0. The molecule has 0 radical (unpaired) electrons. The van der Waals surface area contributed by atoms with Crippen molar-refractivity contribution in [3.63, 3.8) is 0 Å². The summed E-state index contributed by atoms with van der Waals surface area (Å²) in [6.07, 6.45) is 2.46. The number of hydrogen-bond acceptors (Lipinski definition) is 5. The van der Waals surface area contributed by atoms with Gasteiger partial charge in [0.1, 0.15) is 0 Å². The Morgan fingerprint density at radius 3 is 2.15 bits per heavy atom. The quantitative estimate of drug-likeness (QED) is 0.346. The van der Waals surface area contributed by atoms with Crippen LogP contribution in [0.4, 0.5) is 0 Å². The normalized spacial score (nSPS) is 15.7. The van der Waals surface area contributed by atoms with Gasteiger partial charge in [-0.05, 0) is 56.6 Å². The largest absolute Gasteiger partial charge is 0.493 e. The van der Waals surface area contributed by atoms with E-state index in [1.807, 2.05) is 12.1 Å². The van der Waals surface area contributed by atoms with Crippen LogP contribution in [0.5, 0.6) is 17.2 Å². The molecule has 154 valence electrons. The average molecular weight is 492 g/mol. The number of hydrogen-bond donors (Lipinski definition) is 2. The van der Waals surface area contributed by atoms with Crippen LogP contribution in [-0.4, -0.2) is 65.9 Å². The number of ether oxygens (including phenoxy) is 3. The van der Waals surface area contributed by atoms with Crippen molar-refractivity contribution in [1.29, 1.82) is 0 Å². The molecule has 1 aliphatic rings. The Bertz CT molecular complexity index is 580. The molecule has 0 bridgehead atoms. The van der Waals surface area contributed by atoms with Crippen LogP contribution >= 0.6 is 24.0 Å². The van der Waals surface area contributed by atoms with Gasteiger partial charge in [0.15, 0.2) is 17.5 Å². The van der Waals surface area contributed by atoms with Crippen LogP contribution < -0.4 is 24.8 Å². The lowest BCUT2D eigenvalue weighted by molar-refractivity contribution is 0.220. The molecule has 0 unspecified atom stereocenters. The standard InChI is InChI=1S/C19H32N4O3.HI/c1-20-19(21-12-14-6-8-23(2)9-7-14)22-13-15-10-16(24-3)18(26-5)17(11-15)25-4;/h10-11,14H,6-9,12-13H2,1-5H3,(H2,20,21,22);1H. The highest BCUT2D eigenvalue weighted by Gasteiger charge is 2.17. The van der Waals surface area contributed by atoms with Crippen LogP contribution in [-0.2, 0) is 6.54 Å². The number of guanidine groups is 1. The van der Waals surface area contributed by atoms with Gasteiger partial charge in [-0.15, -0.1) is 24.0 Å². The molecular formula is C19H33IN4O3. The third kappa shape index (κ3) is 6.91. The average Bonchev–Trinajstić information content (AvgIpc) is 2.68. The SMILES string of the molecule is CN=C(NCc1cc(OC)c(OC)c(OC)c1)NCC1CCN(C)CC1.I. The number of methoxy groups -OCH3 is 3. The fraction of sp³-hybridized carbons (Fsp3) is 0.632. The predicted molar refractivity (Wildman–Crippen MR) is 120 cm³/mol. The number of rotatable bonds is 7. The Balaban J connectivity index is 0.00000364. The van der Waals surface area contributed by atoms with Crippen molar-refractivity contribution in [3.05, 3.63) is 17.7 Å². The highest BCUT2D eigenvalue weighted by molar-refractivity contribution is 14.0. The van der Waals surface area contributed by atoms with Gasteiger partial charge in [0, 0.05) is 20.1 Å². The van der Waals surface area contributed by atoms with Crippen LogP contribution in [0.15, 0.2) is 17.1 Å². The highest BCUT2D eigenvalue weighted by atomic mass is 127. The van der Waals surface area contributed by atoms with Gasteiger partial charge < -0.3 is 29.7 Å². The summed E-state index contributed by atoms with van der Waals surface area (Å²) in [7, 11) is 8.82. The number of aliphatic imine (C=N–C) groups is 1. The molecule has 27 heavy (non-hydrogen) atoms. The third-order valence-electron chi connectivity index (χ3n) is 4.80. The summed E-state index contributed by atoms with van der Waals surface area (Å²) in [6.45, 7) is 3.90. The van der Waals surface area contributed by atoms with Gasteiger partial charge in [0.05, 0.1) is 21.3 Å². The summed E-state index contributed by atoms with van der Waals surface area (Å²) >= 11 is 0. The van der Waals surface area contributed by atoms with Gasteiger partial charge in [-0.1, -0.05) is 0 Å². The van der Waals surface area contributed by atoms with Gasteiger partial charge in [-0.25, -0.2) is 0 Å². The molecule has 2 N–H and O–H groups in total. The fourth-order valence-electron chi connectivity index (χ4n) is 3.15. The Labute approximate surface area is 179 Å². The summed E-state index contributed by atoms with van der Waals surface area (Å²) in [5.41, 5.74) is 1.03. The highest BCUT2D eigenvalue weighted by Crippen LogP contribution is 2.38. The predicted octanol–water partition coefficient (Wildman–Crippen LogP) is 2.34. The zero-order valence-corrected chi connectivity index (χ0v) is 19.3. The first-order valence-corrected chi connectivity index (χ1v) is 9.03. The summed E-state index contributed by atoms with van der Waals surface area (Å²) in [5, 5.41) is 6.79. The summed E-state index contributed by atoms with van der Waals surface area (Å²) in [5.74, 6) is 3.41. The van der Waals surface area contributed by atoms with Crippen LogP contribution in [0.1, 0.15) is 18.4 Å². The Kier molecular flexibility index (Phi) is 10.6. The van der Waals surface area contributed by atoms with Gasteiger partial charge in [-0.3, -0.25) is 4.99 Å². The number of nitrogens with one attached hydrogen (secondary N) is 2. The first-order chi connectivity index (χ1) is 12.6. The van der Waals surface area contributed by atoms with Crippen molar-refractivity contribution in [1.82, 2.24) is 15.5 Å². The second kappa shape index (κ2) is 12.1. The van der Waals surface area contributed by atoms with E-state index in [4.69, 9.17) is 14.2 Å². The minimum absolute atomic E-state index is 0. The molecule has 0 spiro atoms. The van der Waals surface area contributed by atoms with Crippen LogP contribution in [0.3, 0.4) is 0 Å². The van der Waals surface area contributed by atoms with Gasteiger partial charge in [0.2, 0.25) is 5.75 Å². The number of nitrogens with zero attached hydrogens (tertiary/aromatic N) is 2. The van der Waals surface area contributed by atoms with Crippen molar-refractivity contribution in [3.8, 4) is 17.2 Å². The molecule has 0 amide bonds. The number of benzene rings is 1. The maximum absolute atomic E-state index is 5.41. The molecular weight excluding hydrogens is 459 g/mol. The summed E-state index contributed by atoms with van der Waals surface area (Å²) < 4.78 is 16.2. The third-order valence-corrected chi connectivity index (χ3v) is 4.80. The lowest BCUT2D eigenvalue weighted by Gasteiger charge is -2.29. The minimum Gasteiger partial charge on any atom is -0.493 e. The lowest BCUT2D eigenvalue weighted by Crippen LogP contribution is -2.42. The lowest BCUT2D eigenvalue weighted by atomic mass is 9.97. The first kappa shape index (κ1) is 23.6. The zero-order valence-electron chi connectivity index (χ0n) is 17.0. The van der Waals surface area contributed by atoms with Crippen molar-refractivity contribution in [2.24, 2.45) is 10.9 Å². The summed E-state index contributed by atoms with van der Waals surface area (Å²) in [6, 6.07) is 3.89. The van der Waals surface area contributed by atoms with Gasteiger partial charge in [-0.2, -0.15) is 0 Å². The Hall–Kier alpha value is -1.42. The van der Waals surface area contributed by atoms with Crippen LogP contribution in [0.2, 0.25) is 0 Å². The van der Waals surface area contributed by atoms with E-state index < -0.39 is 0 Å². The van der Waals surface area contributed by atoms with Crippen LogP contribution in [0, 0.1) is 5.92 Å². The molecule has 0 aliphatic carbocycles. The molecule has 1 fully saturated rings. The van der Waals surface area contributed by atoms with Crippen molar-refractivity contribution >= 4 is 29.9 Å². The van der Waals surface area contributed by atoms with E-state index in [1.165, 1.54) is 25.9 Å². The fourth-order valence-corrected chi connectivity index (χ4v) is 3.15. The van der Waals surface area contributed by atoms with E-state index >= 15 is 0 Å². The molecule has 2 rings (SSSR count). The van der Waals surface area contributed by atoms with E-state index in [1.54, 1.807) is 28.4 Å². The van der Waals surface area contributed by atoms with Crippen LogP contribution in [0.25, 0.3) is 0 Å². The number of piperidine rings is 1. The second-order valence-corrected chi connectivity index (χ2v) is 6.59. The maximum atomic E-state index is 5.41. The molecule has 1 aromatic carbocycles. The first-order valence-electron chi connectivity index (χ1n) is 9.03. The van der Waals surface area contributed by atoms with E-state index in [0.29, 0.717) is 29.7 Å². The summed E-state index contributed by atoms with van der Waals surface area (Å²) in [4.78, 5) is 6.70. The monoisotopic (exact) mass is 492 g/mol. The molecule has 0 saturated carbocycles. The van der Waals surface area contributed by atoms with Gasteiger partial charge in [0.25, 0.3) is 0 Å². The maximum Gasteiger partial charge on any atom is 0.203 e. The van der Waals surface area contributed by atoms with E-state index in [-0.39, 0.29) is 24.0 Å². The molecule has 1 aromatic rings. The van der Waals surface area contributed by atoms with Gasteiger partial charge >= 0.3 is 0 Å². The molecule has 8 heteroatoms.